The van der Waals surface area contributed by atoms with Gasteiger partial charge in [-0.3, -0.25) is 0 Å². The summed E-state index contributed by atoms with van der Waals surface area (Å²) in [6.45, 7) is 3.46. The largest absolute Gasteiger partial charge is 0.311 e. The zero-order chi connectivity index (χ0) is 9.31. The molecule has 1 fully saturated rings. The third-order valence-electron chi connectivity index (χ3n) is 2.77. The zero-order valence-electron chi connectivity index (χ0n) is 7.81. The van der Waals surface area contributed by atoms with Crippen LogP contribution in [-0.2, 0) is 6.42 Å². The second-order valence-electron chi connectivity index (χ2n) is 4.01. The van der Waals surface area contributed by atoms with Crippen molar-refractivity contribution in [2.45, 2.75) is 25.3 Å². The molecule has 70 valence electrons. The van der Waals surface area contributed by atoms with E-state index in [-0.39, 0.29) is 0 Å². The molecule has 0 radical (unpaired) electrons. The van der Waals surface area contributed by atoms with Gasteiger partial charge in [-0.05, 0) is 37.9 Å². The molecule has 2 rings (SSSR count). The van der Waals surface area contributed by atoms with Gasteiger partial charge in [0.1, 0.15) is 0 Å². The lowest BCUT2D eigenvalue weighted by Crippen LogP contribution is -2.56. The highest BCUT2D eigenvalue weighted by Gasteiger charge is 2.31. The number of halogens is 1. The van der Waals surface area contributed by atoms with Crippen LogP contribution in [0.2, 0.25) is 0 Å². The minimum atomic E-state index is 0.337. The lowest BCUT2D eigenvalue weighted by atomic mass is 9.84. The Kier molecular flexibility index (Phi) is 2.43. The fourth-order valence-electron chi connectivity index (χ4n) is 1.76. The summed E-state index contributed by atoms with van der Waals surface area (Å²) in [5.74, 6) is 0. The van der Waals surface area contributed by atoms with Crippen molar-refractivity contribution in [1.29, 1.82) is 0 Å². The Morgan fingerprint density at radius 3 is 2.69 bits per heavy atom. The molecule has 1 unspecified atom stereocenters. The summed E-state index contributed by atoms with van der Waals surface area (Å²) >= 11 is 3.57. The number of hydrogen-bond acceptors (Lipinski definition) is 1. The average molecular weight is 240 g/mol. The van der Waals surface area contributed by atoms with Gasteiger partial charge in [0.2, 0.25) is 0 Å². The molecule has 1 aromatic rings. The number of benzene rings is 1. The van der Waals surface area contributed by atoms with E-state index in [2.05, 4.69) is 52.4 Å². The first-order valence-electron chi connectivity index (χ1n) is 4.68. The van der Waals surface area contributed by atoms with Crippen LogP contribution in [0.15, 0.2) is 28.7 Å². The van der Waals surface area contributed by atoms with Gasteiger partial charge in [0.05, 0.1) is 0 Å². The second kappa shape index (κ2) is 3.43. The lowest BCUT2D eigenvalue weighted by molar-refractivity contribution is 0.231. The molecule has 0 saturated carbocycles. The van der Waals surface area contributed by atoms with E-state index >= 15 is 0 Å². The maximum atomic E-state index is 3.57. The van der Waals surface area contributed by atoms with Crippen molar-refractivity contribution in [2.24, 2.45) is 0 Å². The van der Waals surface area contributed by atoms with E-state index in [0.29, 0.717) is 5.54 Å². The van der Waals surface area contributed by atoms with Crippen LogP contribution in [-0.4, -0.2) is 12.1 Å². The number of nitrogens with one attached hydrogen (secondary N) is 1. The predicted molar refractivity (Wildman–Crippen MR) is 58.9 cm³/mol. The van der Waals surface area contributed by atoms with Gasteiger partial charge in [0.15, 0.2) is 0 Å². The van der Waals surface area contributed by atoms with Crippen molar-refractivity contribution in [3.8, 4) is 0 Å². The second-order valence-corrected chi connectivity index (χ2v) is 4.86. The van der Waals surface area contributed by atoms with Gasteiger partial charge < -0.3 is 5.32 Å². The Morgan fingerprint density at radius 1 is 1.46 bits per heavy atom. The smallest absolute Gasteiger partial charge is 0.0207 e. The monoisotopic (exact) mass is 239 g/mol. The summed E-state index contributed by atoms with van der Waals surface area (Å²) in [4.78, 5) is 0. The zero-order valence-corrected chi connectivity index (χ0v) is 9.39. The standard InChI is InChI=1S/C11H14BrN/c1-11(6-7-13-11)8-9-4-2-3-5-10(9)12/h2-5,13H,6-8H2,1H3. The highest BCUT2D eigenvalue weighted by atomic mass is 79.9. The Bertz CT molecular complexity index is 305. The van der Waals surface area contributed by atoms with Gasteiger partial charge in [-0.25, -0.2) is 0 Å². The molecular weight excluding hydrogens is 226 g/mol. The van der Waals surface area contributed by atoms with Crippen LogP contribution >= 0.6 is 15.9 Å². The molecule has 1 aromatic carbocycles. The summed E-state index contributed by atoms with van der Waals surface area (Å²) in [5.41, 5.74) is 1.74. The summed E-state index contributed by atoms with van der Waals surface area (Å²) in [6, 6.07) is 8.46. The highest BCUT2D eigenvalue weighted by Crippen LogP contribution is 2.26. The van der Waals surface area contributed by atoms with Crippen LogP contribution in [0.25, 0.3) is 0 Å². The first-order valence-corrected chi connectivity index (χ1v) is 5.47. The molecule has 1 aliphatic heterocycles. The molecule has 1 saturated heterocycles. The van der Waals surface area contributed by atoms with E-state index < -0.39 is 0 Å². The molecule has 2 heteroatoms. The lowest BCUT2D eigenvalue weighted by Gasteiger charge is -2.40. The Hall–Kier alpha value is -0.340. The van der Waals surface area contributed by atoms with Crippen molar-refractivity contribution < 1.29 is 0 Å². The van der Waals surface area contributed by atoms with Gasteiger partial charge in [-0.2, -0.15) is 0 Å². The maximum Gasteiger partial charge on any atom is 0.0207 e. The fraction of sp³-hybridized carbons (Fsp3) is 0.455. The molecule has 0 aromatic heterocycles. The van der Waals surface area contributed by atoms with Gasteiger partial charge in [0.25, 0.3) is 0 Å². The SMILES string of the molecule is CC1(Cc2ccccc2Br)CCN1. The molecule has 0 amide bonds. The Balaban J connectivity index is 2.13. The van der Waals surface area contributed by atoms with Crippen molar-refractivity contribution in [3.05, 3.63) is 34.3 Å². The fourth-order valence-corrected chi connectivity index (χ4v) is 2.19. The van der Waals surface area contributed by atoms with E-state index in [1.54, 1.807) is 0 Å². The summed E-state index contributed by atoms with van der Waals surface area (Å²) in [6.07, 6.45) is 2.41. The Labute approximate surface area is 87.7 Å². The number of hydrogen-bond donors (Lipinski definition) is 1. The normalized spacial score (nSPS) is 26.9. The van der Waals surface area contributed by atoms with E-state index in [0.717, 1.165) is 6.42 Å². The molecule has 0 spiro atoms. The number of rotatable bonds is 2. The molecule has 1 atom stereocenters. The van der Waals surface area contributed by atoms with Crippen LogP contribution in [0.3, 0.4) is 0 Å². The van der Waals surface area contributed by atoms with E-state index in [4.69, 9.17) is 0 Å². The first-order chi connectivity index (χ1) is 6.20. The predicted octanol–water partition coefficient (Wildman–Crippen LogP) is 2.74. The van der Waals surface area contributed by atoms with Crippen molar-refractivity contribution in [3.63, 3.8) is 0 Å². The third-order valence-corrected chi connectivity index (χ3v) is 3.54. The summed E-state index contributed by atoms with van der Waals surface area (Å²) in [5, 5.41) is 3.48. The maximum absolute atomic E-state index is 3.57. The molecule has 1 aliphatic rings. The molecule has 0 bridgehead atoms. The van der Waals surface area contributed by atoms with Crippen molar-refractivity contribution in [2.75, 3.05) is 6.54 Å². The van der Waals surface area contributed by atoms with Crippen molar-refractivity contribution >= 4 is 15.9 Å². The minimum Gasteiger partial charge on any atom is -0.311 e. The van der Waals surface area contributed by atoms with E-state index in [1.165, 1.54) is 23.0 Å². The summed E-state index contributed by atoms with van der Waals surface area (Å²) < 4.78 is 1.23. The quantitative estimate of drug-likeness (QED) is 0.838. The van der Waals surface area contributed by atoms with Gasteiger partial charge >= 0.3 is 0 Å². The van der Waals surface area contributed by atoms with Crippen LogP contribution in [0.4, 0.5) is 0 Å². The summed E-state index contributed by atoms with van der Waals surface area (Å²) in [7, 11) is 0. The topological polar surface area (TPSA) is 12.0 Å². The van der Waals surface area contributed by atoms with Crippen LogP contribution in [0.1, 0.15) is 18.9 Å². The molecule has 1 nitrogen and oxygen atoms in total. The van der Waals surface area contributed by atoms with Crippen molar-refractivity contribution in [1.82, 2.24) is 5.32 Å². The highest BCUT2D eigenvalue weighted by molar-refractivity contribution is 9.10. The Morgan fingerprint density at radius 2 is 2.15 bits per heavy atom. The molecule has 1 N–H and O–H groups in total. The van der Waals surface area contributed by atoms with E-state index in [1.807, 2.05) is 0 Å². The molecule has 1 heterocycles. The van der Waals surface area contributed by atoms with Gasteiger partial charge in [-0.15, -0.1) is 0 Å². The average Bonchev–Trinajstić information content (AvgIpc) is 2.06. The van der Waals surface area contributed by atoms with Crippen LogP contribution < -0.4 is 5.32 Å². The third kappa shape index (κ3) is 1.94. The molecule has 0 aliphatic carbocycles. The first kappa shape index (κ1) is 9.22. The van der Waals surface area contributed by atoms with Crippen LogP contribution in [0.5, 0.6) is 0 Å². The molecule has 13 heavy (non-hydrogen) atoms. The van der Waals surface area contributed by atoms with E-state index in [9.17, 15) is 0 Å². The minimum absolute atomic E-state index is 0.337. The molecular formula is C11H14BrN. The van der Waals surface area contributed by atoms with Gasteiger partial charge in [-0.1, -0.05) is 34.1 Å². The van der Waals surface area contributed by atoms with Crippen LogP contribution in [0, 0.1) is 0 Å². The van der Waals surface area contributed by atoms with Gasteiger partial charge in [0, 0.05) is 10.0 Å².